The van der Waals surface area contributed by atoms with E-state index >= 15 is 0 Å². The molecule has 5 nitrogen and oxygen atoms in total. The van der Waals surface area contributed by atoms with Crippen molar-refractivity contribution in [3.05, 3.63) is 272 Å². The monoisotopic (exact) mass is 1230 g/mol. The van der Waals surface area contributed by atoms with Gasteiger partial charge >= 0.3 is 0 Å². The van der Waals surface area contributed by atoms with Crippen molar-refractivity contribution in [1.29, 1.82) is 0 Å². The van der Waals surface area contributed by atoms with E-state index in [-0.39, 0.29) is 37.5 Å². The van der Waals surface area contributed by atoms with Crippen molar-refractivity contribution in [1.82, 2.24) is 9.55 Å². The molecule has 1 aliphatic rings. The fraction of sp³-hybridized carbons (Fsp3) is 0.120. The maximum atomic E-state index is 8.81. The zero-order chi connectivity index (χ0) is 57.2. The van der Waals surface area contributed by atoms with E-state index in [0.29, 0.717) is 28.4 Å². The maximum absolute atomic E-state index is 8.81. The molecule has 13 rings (SSSR count). The Hall–Kier alpha value is -8.76. The third kappa shape index (κ3) is 10.2. The number of fused-ring (bicyclic) bond motifs is 4. The van der Waals surface area contributed by atoms with E-state index in [0.717, 1.165) is 94.7 Å². The van der Waals surface area contributed by atoms with Crippen LogP contribution in [0.4, 0.5) is 22.7 Å². The van der Waals surface area contributed by atoms with Crippen molar-refractivity contribution >= 4 is 44.6 Å². The van der Waals surface area contributed by atoms with Crippen LogP contribution in [0.5, 0.6) is 11.5 Å². The molecule has 0 amide bonds. The van der Waals surface area contributed by atoms with Crippen molar-refractivity contribution < 1.29 is 29.9 Å². The van der Waals surface area contributed by atoms with Crippen molar-refractivity contribution in [2.75, 3.05) is 9.80 Å². The molecular weight excluding hydrogens is 1170 g/mol. The Kier molecular flexibility index (Phi) is 13.0. The molecular formula is C75H61N4OPt-3. The molecule has 0 N–H and O–H groups in total. The Morgan fingerprint density at radius 2 is 1.00 bits per heavy atom. The van der Waals surface area contributed by atoms with Gasteiger partial charge in [-0.15, -0.1) is 48.1 Å². The number of rotatable bonds is 10. The number of ether oxygens (including phenoxy) is 1. The molecule has 3 heterocycles. The minimum absolute atomic E-state index is 0. The number of aryl methyl sites for hydroxylation is 1. The Morgan fingerprint density at radius 3 is 1.65 bits per heavy atom. The predicted octanol–water partition coefficient (Wildman–Crippen LogP) is 20.2. The van der Waals surface area contributed by atoms with Gasteiger partial charge in [-0.05, 0) is 109 Å². The van der Waals surface area contributed by atoms with Gasteiger partial charge in [-0.2, -0.15) is 12.1 Å². The van der Waals surface area contributed by atoms with Crippen LogP contribution in [-0.4, -0.2) is 9.55 Å². The molecule has 0 radical (unpaired) electrons. The molecule has 2 aromatic heterocycles. The number of hydrogen-bond acceptors (Lipinski definition) is 4. The predicted molar refractivity (Wildman–Crippen MR) is 334 cm³/mol. The number of benzene rings is 10. The summed E-state index contributed by atoms with van der Waals surface area (Å²) in [6.07, 6.45) is 1.70. The number of pyridine rings is 1. The average molecular weight is 1230 g/mol. The van der Waals surface area contributed by atoms with Crippen LogP contribution in [0, 0.1) is 25.7 Å². The Labute approximate surface area is 495 Å². The molecule has 10 aromatic carbocycles. The molecule has 1 aliphatic heterocycles. The van der Waals surface area contributed by atoms with E-state index in [2.05, 4.69) is 246 Å². The van der Waals surface area contributed by atoms with Gasteiger partial charge in [0.25, 0.3) is 0 Å². The first-order valence-electron chi connectivity index (χ1n) is 28.8. The first-order valence-corrected chi connectivity index (χ1v) is 27.3. The molecule has 0 spiro atoms. The third-order valence-corrected chi connectivity index (χ3v) is 15.4. The van der Waals surface area contributed by atoms with Crippen LogP contribution in [0.25, 0.3) is 83.3 Å². The van der Waals surface area contributed by atoms with Gasteiger partial charge < -0.3 is 19.1 Å². The van der Waals surface area contributed by atoms with Crippen LogP contribution in [0.1, 0.15) is 62.3 Å². The second-order valence-electron chi connectivity index (χ2n) is 22.8. The topological polar surface area (TPSA) is 33.5 Å². The van der Waals surface area contributed by atoms with Gasteiger partial charge in [0, 0.05) is 82.1 Å². The van der Waals surface area contributed by atoms with Crippen molar-refractivity contribution in [2.24, 2.45) is 0 Å². The van der Waals surface area contributed by atoms with Gasteiger partial charge in [-0.25, -0.2) is 4.98 Å². The Morgan fingerprint density at radius 1 is 0.457 bits per heavy atom. The molecule has 0 aliphatic carbocycles. The van der Waals surface area contributed by atoms with E-state index in [9.17, 15) is 0 Å². The van der Waals surface area contributed by atoms with E-state index in [1.807, 2.05) is 53.1 Å². The second kappa shape index (κ2) is 21.4. The summed E-state index contributed by atoms with van der Waals surface area (Å²) < 4.78 is 35.2. The standard InChI is InChI=1S/C75H61N4O.Pt/c1-50-43-72(76-48-67(50)54-33-38-59(39-34-54)75(5,6)7)79-68-42-35-56(52-21-12-9-13-22-52)45-66(68)65-41-40-62(47-71(65)79)80-61-26-17-25-60(46-61)77-49-78(70-30-15-14-29-69(70)77)73-63(53-31-36-58(37-32-53)74(2,3)4)27-18-28-64(73)57-24-16-23-55(44-57)51-19-10-8-11-20-51;/h8-45,48-49H,1-7H3;/q-3;/i1D3;. The molecule has 400 valence electrons. The minimum atomic E-state index is -2.43. The molecule has 0 fully saturated rings. The SMILES string of the molecule is [2H]C([2H])([2H])c1cc(-n2c3[c-]c(Oc4[c-]c(N5[CH-]N(c6c(-c7ccc(C(C)(C)C)cc7)cccc6-c6cccc(-c7ccccc7)c6)c6ccccc65)ccc4)ccc3c3cc(-c4ccccc4)ccc32)ncc1-c1ccc(C(C)(C)C)cc1.[Pt]. The normalized spacial score (nSPS) is 13.1. The summed E-state index contributed by atoms with van der Waals surface area (Å²) in [5.41, 5.74) is 18.3. The average Bonchev–Trinajstić information content (AvgIpc) is 1.81. The summed E-state index contributed by atoms with van der Waals surface area (Å²) in [5, 5.41) is 1.89. The summed E-state index contributed by atoms with van der Waals surface area (Å²) in [7, 11) is 0. The molecule has 0 atom stereocenters. The van der Waals surface area contributed by atoms with Gasteiger partial charge in [0.2, 0.25) is 0 Å². The van der Waals surface area contributed by atoms with E-state index < -0.39 is 6.85 Å². The van der Waals surface area contributed by atoms with Gasteiger partial charge in [0.05, 0.1) is 0 Å². The summed E-state index contributed by atoms with van der Waals surface area (Å²) in [4.78, 5) is 9.54. The number of para-hydroxylation sites is 3. The number of nitrogens with zero attached hydrogens (tertiary/aromatic N) is 4. The minimum Gasteiger partial charge on any atom is -0.509 e. The number of hydrogen-bond donors (Lipinski definition) is 0. The van der Waals surface area contributed by atoms with Gasteiger partial charge in [0.1, 0.15) is 5.82 Å². The molecule has 0 saturated carbocycles. The Bertz CT molecular complexity index is 4390. The summed E-state index contributed by atoms with van der Waals surface area (Å²) >= 11 is 0. The first kappa shape index (κ1) is 49.3. The van der Waals surface area contributed by atoms with Crippen LogP contribution in [-0.2, 0) is 31.9 Å². The van der Waals surface area contributed by atoms with Crippen molar-refractivity contribution in [2.45, 2.75) is 59.2 Å². The Balaban J connectivity index is 0.00000694. The fourth-order valence-electron chi connectivity index (χ4n) is 11.1. The maximum Gasteiger partial charge on any atom is 0.135 e. The fourth-order valence-corrected chi connectivity index (χ4v) is 11.1. The van der Waals surface area contributed by atoms with E-state index in [1.54, 1.807) is 12.3 Å². The van der Waals surface area contributed by atoms with Crippen molar-refractivity contribution in [3.63, 3.8) is 0 Å². The quantitative estimate of drug-likeness (QED) is 0.128. The molecule has 0 unspecified atom stereocenters. The van der Waals surface area contributed by atoms with Gasteiger partial charge in [-0.3, -0.25) is 0 Å². The van der Waals surface area contributed by atoms with Gasteiger partial charge in [-0.1, -0.05) is 217 Å². The van der Waals surface area contributed by atoms with Crippen LogP contribution >= 0.6 is 0 Å². The van der Waals surface area contributed by atoms with Gasteiger partial charge in [0.15, 0.2) is 0 Å². The number of anilines is 4. The molecule has 12 aromatic rings. The summed E-state index contributed by atoms with van der Waals surface area (Å²) in [6, 6.07) is 87.2. The van der Waals surface area contributed by atoms with Crippen LogP contribution in [0.3, 0.4) is 0 Å². The molecule has 81 heavy (non-hydrogen) atoms. The largest absolute Gasteiger partial charge is 0.509 e. The van der Waals surface area contributed by atoms with E-state index in [1.165, 1.54) is 5.56 Å². The third-order valence-electron chi connectivity index (χ3n) is 15.4. The first-order chi connectivity index (χ1) is 40.0. The summed E-state index contributed by atoms with van der Waals surface area (Å²) in [5.74, 6) is 1.42. The van der Waals surface area contributed by atoms with Crippen LogP contribution in [0.15, 0.2) is 237 Å². The summed E-state index contributed by atoms with van der Waals surface area (Å²) in [6.45, 7) is 13.0. The second-order valence-corrected chi connectivity index (χ2v) is 22.8. The van der Waals surface area contributed by atoms with E-state index in [4.69, 9.17) is 13.8 Å². The zero-order valence-electron chi connectivity index (χ0n) is 49.1. The zero-order valence-corrected chi connectivity index (χ0v) is 48.4. The van der Waals surface area contributed by atoms with Crippen LogP contribution < -0.4 is 14.5 Å². The molecule has 6 heteroatoms. The smallest absolute Gasteiger partial charge is 0.135 e. The van der Waals surface area contributed by atoms with Crippen LogP contribution in [0.2, 0.25) is 0 Å². The molecule has 0 saturated heterocycles. The number of aromatic nitrogens is 2. The molecule has 0 bridgehead atoms. The van der Waals surface area contributed by atoms with Crippen molar-refractivity contribution in [3.8, 4) is 73.0 Å².